The third-order valence-corrected chi connectivity index (χ3v) is 3.40. The number of anilines is 1. The first kappa shape index (κ1) is 13.0. The molecule has 2 rings (SSSR count). The Kier molecular flexibility index (Phi) is 4.66. The average molecular weight is 265 g/mol. The summed E-state index contributed by atoms with van der Waals surface area (Å²) in [6, 6.07) is 6.66. The molecule has 0 saturated heterocycles. The van der Waals surface area contributed by atoms with Crippen LogP contribution in [0.15, 0.2) is 36.0 Å². The Morgan fingerprint density at radius 1 is 1.39 bits per heavy atom. The number of hydrogen-bond donors (Lipinski definition) is 1. The van der Waals surface area contributed by atoms with Crippen LogP contribution in [0.4, 0.5) is 10.1 Å². The number of benzene rings is 1. The molecule has 0 atom stereocenters. The molecule has 0 bridgehead atoms. The van der Waals surface area contributed by atoms with Gasteiger partial charge in [-0.25, -0.2) is 4.39 Å². The van der Waals surface area contributed by atoms with E-state index >= 15 is 0 Å². The summed E-state index contributed by atoms with van der Waals surface area (Å²) in [5, 5.41) is 0. The second-order valence-corrected chi connectivity index (χ2v) is 4.98. The lowest BCUT2D eigenvalue weighted by atomic mass is 10.2. The highest BCUT2D eigenvalue weighted by molar-refractivity contribution is 7.09. The maximum Gasteiger partial charge on any atom is 0.125 e. The molecule has 0 aliphatic heterocycles. The van der Waals surface area contributed by atoms with Crippen molar-refractivity contribution in [3.05, 3.63) is 46.7 Å². The monoisotopic (exact) mass is 265 g/mol. The second-order valence-electron chi connectivity index (χ2n) is 4.01. The van der Waals surface area contributed by atoms with E-state index in [9.17, 15) is 4.39 Å². The van der Waals surface area contributed by atoms with Crippen LogP contribution in [0.2, 0.25) is 0 Å². The first-order chi connectivity index (χ1) is 8.79. The Balaban J connectivity index is 2.13. The number of thiazole rings is 1. The molecule has 0 aliphatic carbocycles. The van der Waals surface area contributed by atoms with E-state index in [1.807, 2.05) is 17.8 Å². The molecule has 18 heavy (non-hydrogen) atoms. The minimum Gasteiger partial charge on any atom is -0.366 e. The smallest absolute Gasteiger partial charge is 0.125 e. The molecule has 2 aromatic rings. The van der Waals surface area contributed by atoms with Gasteiger partial charge in [-0.15, -0.1) is 11.3 Å². The summed E-state index contributed by atoms with van der Waals surface area (Å²) in [5.74, 6) is -0.213. The summed E-state index contributed by atoms with van der Waals surface area (Å²) >= 11 is 1.61. The highest BCUT2D eigenvalue weighted by Gasteiger charge is 2.08. The van der Waals surface area contributed by atoms with Crippen LogP contribution in [0.3, 0.4) is 0 Å². The first-order valence-corrected chi connectivity index (χ1v) is 6.75. The summed E-state index contributed by atoms with van der Waals surface area (Å²) in [7, 11) is 0. The van der Waals surface area contributed by atoms with Crippen molar-refractivity contribution in [3.63, 3.8) is 0 Å². The lowest BCUT2D eigenvalue weighted by Gasteiger charge is -2.24. The van der Waals surface area contributed by atoms with Crippen molar-refractivity contribution in [1.82, 2.24) is 4.98 Å². The molecule has 0 fully saturated rings. The molecule has 96 valence electrons. The summed E-state index contributed by atoms with van der Waals surface area (Å²) in [6.07, 6.45) is 2.73. The second kappa shape index (κ2) is 6.47. The Labute approximate surface area is 110 Å². The van der Waals surface area contributed by atoms with E-state index in [-0.39, 0.29) is 5.82 Å². The molecule has 1 aromatic carbocycles. The number of rotatable bonds is 6. The summed E-state index contributed by atoms with van der Waals surface area (Å²) in [4.78, 5) is 7.35. The molecular formula is C13H16FN3S. The third kappa shape index (κ3) is 3.51. The molecule has 0 saturated carbocycles. The van der Waals surface area contributed by atoms with E-state index in [2.05, 4.69) is 9.88 Å². The van der Waals surface area contributed by atoms with E-state index in [4.69, 9.17) is 5.73 Å². The topological polar surface area (TPSA) is 42.1 Å². The van der Waals surface area contributed by atoms with Gasteiger partial charge in [0.25, 0.3) is 0 Å². The van der Waals surface area contributed by atoms with Crippen LogP contribution < -0.4 is 10.6 Å². The molecule has 3 nitrogen and oxygen atoms in total. The summed E-state index contributed by atoms with van der Waals surface area (Å²) in [6.45, 7) is 2.19. The zero-order chi connectivity index (χ0) is 12.8. The highest BCUT2D eigenvalue weighted by atomic mass is 32.1. The predicted octanol–water partition coefficient (Wildman–Crippen LogP) is 2.64. The molecule has 2 N–H and O–H groups in total. The van der Waals surface area contributed by atoms with Gasteiger partial charge in [-0.05, 0) is 31.2 Å². The molecule has 0 amide bonds. The fourth-order valence-electron chi connectivity index (χ4n) is 1.76. The number of nitrogens with zero attached hydrogens (tertiary/aromatic N) is 2. The van der Waals surface area contributed by atoms with E-state index < -0.39 is 0 Å². The molecule has 1 heterocycles. The molecule has 0 spiro atoms. The third-order valence-electron chi connectivity index (χ3n) is 2.64. The Bertz CT molecular complexity index is 473. The molecule has 0 radical (unpaired) electrons. The van der Waals surface area contributed by atoms with E-state index in [1.54, 1.807) is 23.5 Å². The lowest BCUT2D eigenvalue weighted by molar-refractivity contribution is 0.625. The molecule has 1 aromatic heterocycles. The van der Waals surface area contributed by atoms with E-state index in [0.29, 0.717) is 6.54 Å². The fourth-order valence-corrected chi connectivity index (χ4v) is 2.37. The van der Waals surface area contributed by atoms with Crippen LogP contribution in [0.1, 0.15) is 11.3 Å². The van der Waals surface area contributed by atoms with Crippen LogP contribution in [0.5, 0.6) is 0 Å². The summed E-state index contributed by atoms with van der Waals surface area (Å²) in [5.41, 5.74) is 8.24. The van der Waals surface area contributed by atoms with Gasteiger partial charge < -0.3 is 10.6 Å². The normalized spacial score (nSPS) is 10.6. The van der Waals surface area contributed by atoms with Crippen LogP contribution in [0, 0.1) is 5.82 Å². The molecular weight excluding hydrogens is 249 g/mol. The maximum absolute atomic E-state index is 13.3. The van der Waals surface area contributed by atoms with Gasteiger partial charge in [-0.2, -0.15) is 0 Å². The number of hydrogen-bond acceptors (Lipinski definition) is 4. The minimum atomic E-state index is -0.213. The van der Waals surface area contributed by atoms with Gasteiger partial charge in [-0.3, -0.25) is 4.98 Å². The van der Waals surface area contributed by atoms with Gasteiger partial charge in [0.15, 0.2) is 0 Å². The molecule has 0 unspecified atom stereocenters. The Morgan fingerprint density at radius 2 is 2.28 bits per heavy atom. The van der Waals surface area contributed by atoms with Crippen molar-refractivity contribution in [2.75, 3.05) is 18.0 Å². The zero-order valence-electron chi connectivity index (χ0n) is 10.1. The van der Waals surface area contributed by atoms with E-state index in [1.165, 1.54) is 6.07 Å². The lowest BCUT2D eigenvalue weighted by Crippen LogP contribution is -2.25. The van der Waals surface area contributed by atoms with Gasteiger partial charge in [0.1, 0.15) is 5.82 Å². The number of halogens is 1. The van der Waals surface area contributed by atoms with Gasteiger partial charge in [0.2, 0.25) is 0 Å². The van der Waals surface area contributed by atoms with Crippen molar-refractivity contribution in [1.29, 1.82) is 0 Å². The minimum absolute atomic E-state index is 0.213. The van der Waals surface area contributed by atoms with Crippen LogP contribution >= 0.6 is 11.3 Å². The Morgan fingerprint density at radius 3 is 2.94 bits per heavy atom. The van der Waals surface area contributed by atoms with Crippen LogP contribution in [-0.4, -0.2) is 18.1 Å². The molecule has 5 heteroatoms. The number of aromatic nitrogens is 1. The summed E-state index contributed by atoms with van der Waals surface area (Å²) < 4.78 is 13.3. The van der Waals surface area contributed by atoms with Crippen molar-refractivity contribution in [2.24, 2.45) is 5.73 Å². The SMILES string of the molecule is NCCCN(Cc1cncs1)c1cccc(F)c1. The van der Waals surface area contributed by atoms with Crippen molar-refractivity contribution < 1.29 is 4.39 Å². The van der Waals surface area contributed by atoms with Gasteiger partial charge in [0.05, 0.1) is 12.1 Å². The van der Waals surface area contributed by atoms with Gasteiger partial charge >= 0.3 is 0 Å². The van der Waals surface area contributed by atoms with Crippen LogP contribution in [-0.2, 0) is 6.54 Å². The van der Waals surface area contributed by atoms with E-state index in [0.717, 1.165) is 30.1 Å². The van der Waals surface area contributed by atoms with Crippen molar-refractivity contribution in [3.8, 4) is 0 Å². The fraction of sp³-hybridized carbons (Fsp3) is 0.308. The number of nitrogens with two attached hydrogens (primary N) is 1. The largest absolute Gasteiger partial charge is 0.366 e. The highest BCUT2D eigenvalue weighted by Crippen LogP contribution is 2.20. The van der Waals surface area contributed by atoms with Crippen molar-refractivity contribution in [2.45, 2.75) is 13.0 Å². The van der Waals surface area contributed by atoms with Crippen molar-refractivity contribution >= 4 is 17.0 Å². The quantitative estimate of drug-likeness (QED) is 0.873. The van der Waals surface area contributed by atoms with Gasteiger partial charge in [-0.1, -0.05) is 6.07 Å². The first-order valence-electron chi connectivity index (χ1n) is 5.87. The molecule has 0 aliphatic rings. The van der Waals surface area contributed by atoms with Crippen LogP contribution in [0.25, 0.3) is 0 Å². The predicted molar refractivity (Wildman–Crippen MR) is 73.2 cm³/mol. The zero-order valence-corrected chi connectivity index (χ0v) is 10.9. The Hall–Kier alpha value is -1.46. The van der Waals surface area contributed by atoms with Gasteiger partial charge in [0, 0.05) is 23.3 Å². The average Bonchev–Trinajstić information content (AvgIpc) is 2.87. The standard InChI is InChI=1S/C13H16FN3S/c14-11-3-1-4-12(7-11)17(6-2-5-15)9-13-8-16-10-18-13/h1,3-4,7-8,10H,2,5-6,9,15H2. The maximum atomic E-state index is 13.3.